The number of likely N-dealkylation sites (tertiary alicyclic amines) is 1. The van der Waals surface area contributed by atoms with Gasteiger partial charge < -0.3 is 15.0 Å². The standard InChI is InChI=1S/C22H23N3O5S/c1-22(2)17-10-5-9-16(19(17)21(27)30-22)20(26)23-14-7-4-8-15(13-14)31(28,29)24-18-11-6-12-25(18)3/h4-5,7-10,13H,6,11-12H2,1-3H3,(H,23,26)/b24-18+. The number of esters is 1. The summed E-state index contributed by atoms with van der Waals surface area (Å²) >= 11 is 0. The number of benzene rings is 2. The van der Waals surface area contributed by atoms with E-state index in [9.17, 15) is 18.0 Å². The number of nitrogens with one attached hydrogen (secondary N) is 1. The molecule has 0 aliphatic carbocycles. The number of cyclic esters (lactones) is 1. The maximum atomic E-state index is 12.9. The quantitative estimate of drug-likeness (QED) is 0.731. The van der Waals surface area contributed by atoms with Crippen molar-refractivity contribution in [1.29, 1.82) is 0 Å². The van der Waals surface area contributed by atoms with Gasteiger partial charge in [0.05, 0.1) is 16.0 Å². The molecule has 4 rings (SSSR count). The summed E-state index contributed by atoms with van der Waals surface area (Å²) in [6, 6.07) is 10.9. The average molecular weight is 442 g/mol. The van der Waals surface area contributed by atoms with Crippen LogP contribution in [0.2, 0.25) is 0 Å². The molecule has 0 saturated carbocycles. The Bertz CT molecular complexity index is 1220. The molecule has 2 aliphatic rings. The summed E-state index contributed by atoms with van der Waals surface area (Å²) in [4.78, 5) is 27.0. The van der Waals surface area contributed by atoms with Gasteiger partial charge in [0.2, 0.25) is 0 Å². The number of sulfonamides is 1. The summed E-state index contributed by atoms with van der Waals surface area (Å²) in [5, 5.41) is 2.68. The summed E-state index contributed by atoms with van der Waals surface area (Å²) < 4.78 is 34.8. The van der Waals surface area contributed by atoms with Crippen molar-refractivity contribution < 1.29 is 22.7 Å². The number of carbonyl (C=O) groups excluding carboxylic acids is 2. The smallest absolute Gasteiger partial charge is 0.340 e. The van der Waals surface area contributed by atoms with E-state index in [4.69, 9.17) is 4.74 Å². The van der Waals surface area contributed by atoms with E-state index in [1.54, 1.807) is 38.1 Å². The van der Waals surface area contributed by atoms with Crippen molar-refractivity contribution in [3.8, 4) is 0 Å². The fourth-order valence-corrected chi connectivity index (χ4v) is 4.97. The number of rotatable bonds is 4. The van der Waals surface area contributed by atoms with Crippen molar-refractivity contribution in [3.05, 3.63) is 59.2 Å². The van der Waals surface area contributed by atoms with Gasteiger partial charge in [0.15, 0.2) is 0 Å². The minimum Gasteiger partial charge on any atom is -0.451 e. The maximum absolute atomic E-state index is 12.9. The summed E-state index contributed by atoms with van der Waals surface area (Å²) in [5.74, 6) is -0.558. The van der Waals surface area contributed by atoms with Crippen LogP contribution in [0.3, 0.4) is 0 Å². The van der Waals surface area contributed by atoms with Crippen LogP contribution in [-0.4, -0.2) is 44.6 Å². The molecule has 1 amide bonds. The third-order valence-electron chi connectivity index (χ3n) is 5.46. The molecule has 1 N–H and O–H groups in total. The lowest BCUT2D eigenvalue weighted by molar-refractivity contribution is 0.00947. The highest BCUT2D eigenvalue weighted by molar-refractivity contribution is 7.90. The number of amidine groups is 1. The lowest BCUT2D eigenvalue weighted by atomic mass is 9.92. The number of hydrogen-bond donors (Lipinski definition) is 1. The molecule has 9 heteroatoms. The monoisotopic (exact) mass is 441 g/mol. The predicted octanol–water partition coefficient (Wildman–Crippen LogP) is 3.16. The first kappa shape index (κ1) is 21.0. The summed E-state index contributed by atoms with van der Waals surface area (Å²) in [7, 11) is -2.10. The molecule has 31 heavy (non-hydrogen) atoms. The molecule has 2 heterocycles. The van der Waals surface area contributed by atoms with Crippen molar-refractivity contribution in [2.75, 3.05) is 18.9 Å². The Balaban J connectivity index is 1.62. The van der Waals surface area contributed by atoms with Crippen molar-refractivity contribution >= 4 is 33.4 Å². The Hall–Kier alpha value is -3.20. The molecule has 0 unspecified atom stereocenters. The number of hydrogen-bond acceptors (Lipinski definition) is 5. The van der Waals surface area contributed by atoms with E-state index in [0.29, 0.717) is 17.8 Å². The highest BCUT2D eigenvalue weighted by Crippen LogP contribution is 2.37. The van der Waals surface area contributed by atoms with Gasteiger partial charge >= 0.3 is 5.97 Å². The number of carbonyl (C=O) groups is 2. The van der Waals surface area contributed by atoms with Gasteiger partial charge in [0.25, 0.3) is 15.9 Å². The zero-order valence-corrected chi connectivity index (χ0v) is 18.3. The topological polar surface area (TPSA) is 105 Å². The summed E-state index contributed by atoms with van der Waals surface area (Å²) in [5.41, 5.74) is 0.509. The minimum absolute atomic E-state index is 0.0167. The van der Waals surface area contributed by atoms with Crippen LogP contribution in [0.5, 0.6) is 0 Å². The number of ether oxygens (including phenoxy) is 1. The molecule has 162 valence electrons. The lowest BCUT2D eigenvalue weighted by Gasteiger charge is -2.17. The van der Waals surface area contributed by atoms with E-state index in [2.05, 4.69) is 9.71 Å². The van der Waals surface area contributed by atoms with Crippen LogP contribution >= 0.6 is 0 Å². The van der Waals surface area contributed by atoms with Gasteiger partial charge in [-0.25, -0.2) is 4.79 Å². The van der Waals surface area contributed by atoms with E-state index in [0.717, 1.165) is 13.0 Å². The van der Waals surface area contributed by atoms with Gasteiger partial charge in [0.1, 0.15) is 11.4 Å². The number of fused-ring (bicyclic) bond motifs is 1. The van der Waals surface area contributed by atoms with Crippen LogP contribution in [0.15, 0.2) is 51.8 Å². The average Bonchev–Trinajstić information content (AvgIpc) is 3.21. The molecule has 0 spiro atoms. The van der Waals surface area contributed by atoms with E-state index in [1.807, 2.05) is 11.9 Å². The molecule has 0 atom stereocenters. The van der Waals surface area contributed by atoms with Crippen LogP contribution in [0, 0.1) is 0 Å². The van der Waals surface area contributed by atoms with Crippen LogP contribution in [0.25, 0.3) is 0 Å². The SMILES string of the molecule is CN1CCC/C1=N\S(=O)(=O)c1cccc(NC(=O)c2cccc3c2C(=O)OC3(C)C)c1. The molecule has 1 fully saturated rings. The third-order valence-corrected chi connectivity index (χ3v) is 6.76. The predicted molar refractivity (Wildman–Crippen MR) is 116 cm³/mol. The molecule has 2 aliphatic heterocycles. The molecular weight excluding hydrogens is 418 g/mol. The Morgan fingerprint density at radius 1 is 1.19 bits per heavy atom. The molecule has 0 aromatic heterocycles. The zero-order valence-electron chi connectivity index (χ0n) is 17.5. The Labute approximate surface area is 181 Å². The zero-order chi connectivity index (χ0) is 22.4. The van der Waals surface area contributed by atoms with Gasteiger partial charge in [-0.2, -0.15) is 8.42 Å². The molecule has 2 aromatic rings. The van der Waals surface area contributed by atoms with E-state index >= 15 is 0 Å². The fourth-order valence-electron chi connectivity index (χ4n) is 3.83. The molecule has 1 saturated heterocycles. The van der Waals surface area contributed by atoms with Crippen molar-refractivity contribution in [1.82, 2.24) is 4.90 Å². The summed E-state index contributed by atoms with van der Waals surface area (Å²) in [6.07, 6.45) is 1.47. The highest BCUT2D eigenvalue weighted by Gasteiger charge is 2.40. The second kappa shape index (κ2) is 7.49. The first-order valence-corrected chi connectivity index (χ1v) is 11.4. The summed E-state index contributed by atoms with van der Waals surface area (Å²) in [6.45, 7) is 4.29. The molecule has 0 bridgehead atoms. The molecule has 2 aromatic carbocycles. The lowest BCUT2D eigenvalue weighted by Crippen LogP contribution is -2.20. The largest absolute Gasteiger partial charge is 0.451 e. The van der Waals surface area contributed by atoms with Crippen LogP contribution in [-0.2, 0) is 20.4 Å². The fraction of sp³-hybridized carbons (Fsp3) is 0.318. The first-order chi connectivity index (χ1) is 14.6. The first-order valence-electron chi connectivity index (χ1n) is 9.92. The minimum atomic E-state index is -3.91. The van der Waals surface area contributed by atoms with Gasteiger partial charge in [0, 0.05) is 31.3 Å². The van der Waals surface area contributed by atoms with Gasteiger partial charge in [-0.3, -0.25) is 4.79 Å². The van der Waals surface area contributed by atoms with Crippen LogP contribution in [0.4, 0.5) is 5.69 Å². The molecule has 8 nitrogen and oxygen atoms in total. The van der Waals surface area contributed by atoms with E-state index in [1.165, 1.54) is 18.2 Å². The van der Waals surface area contributed by atoms with E-state index in [-0.39, 0.29) is 21.7 Å². The van der Waals surface area contributed by atoms with Gasteiger partial charge in [-0.05, 0) is 44.5 Å². The van der Waals surface area contributed by atoms with Crippen LogP contribution in [0.1, 0.15) is 53.0 Å². The molecular formula is C22H23N3O5S. The Morgan fingerprint density at radius 3 is 2.65 bits per heavy atom. The van der Waals surface area contributed by atoms with Gasteiger partial charge in [-0.1, -0.05) is 18.2 Å². The van der Waals surface area contributed by atoms with Gasteiger partial charge in [-0.15, -0.1) is 4.40 Å². The van der Waals surface area contributed by atoms with Crippen LogP contribution < -0.4 is 5.32 Å². The normalized spacial score (nSPS) is 18.7. The van der Waals surface area contributed by atoms with E-state index < -0.39 is 27.5 Å². The van der Waals surface area contributed by atoms with Crippen molar-refractivity contribution in [2.24, 2.45) is 4.40 Å². The molecule has 0 radical (unpaired) electrons. The Morgan fingerprint density at radius 2 is 1.94 bits per heavy atom. The Kier molecular flexibility index (Phi) is 5.09. The second-order valence-corrected chi connectivity index (χ2v) is 9.72. The van der Waals surface area contributed by atoms with Crippen molar-refractivity contribution in [3.63, 3.8) is 0 Å². The highest BCUT2D eigenvalue weighted by atomic mass is 32.2. The third kappa shape index (κ3) is 3.93. The second-order valence-electron chi connectivity index (χ2n) is 8.12. The van der Waals surface area contributed by atoms with Crippen molar-refractivity contribution in [2.45, 2.75) is 37.2 Å². The maximum Gasteiger partial charge on any atom is 0.340 e. The number of nitrogens with zero attached hydrogens (tertiary/aromatic N) is 2. The number of anilines is 1. The number of amides is 1.